The Morgan fingerprint density at radius 3 is 2.83 bits per heavy atom. The van der Waals surface area contributed by atoms with Gasteiger partial charge in [0, 0.05) is 19.2 Å². The van der Waals surface area contributed by atoms with Crippen LogP contribution >= 0.6 is 0 Å². The second-order valence-corrected chi connectivity index (χ2v) is 2.87. The van der Waals surface area contributed by atoms with E-state index in [1.165, 1.54) is 12.7 Å². The van der Waals surface area contributed by atoms with Crippen molar-refractivity contribution >= 4 is 5.82 Å². The first-order chi connectivity index (χ1) is 5.90. The molecule has 0 aliphatic carbocycles. The van der Waals surface area contributed by atoms with Crippen molar-refractivity contribution in [3.8, 4) is 0 Å². The summed E-state index contributed by atoms with van der Waals surface area (Å²) in [6.07, 6.45) is 2.73. The third-order valence-electron chi connectivity index (χ3n) is 2.05. The highest BCUT2D eigenvalue weighted by Crippen LogP contribution is 2.17. The Morgan fingerprint density at radius 1 is 1.42 bits per heavy atom. The summed E-state index contributed by atoms with van der Waals surface area (Å²) < 4.78 is 0. The summed E-state index contributed by atoms with van der Waals surface area (Å²) in [4.78, 5) is 10.2. The molecule has 1 aromatic rings. The molecule has 0 aromatic carbocycles. The van der Waals surface area contributed by atoms with Crippen molar-refractivity contribution in [1.29, 1.82) is 0 Å². The van der Waals surface area contributed by atoms with E-state index in [1.807, 2.05) is 6.07 Å². The fraction of sp³-hybridized carbons (Fsp3) is 0.500. The van der Waals surface area contributed by atoms with Crippen molar-refractivity contribution in [1.82, 2.24) is 9.97 Å². The third-order valence-corrected chi connectivity index (χ3v) is 2.05. The summed E-state index contributed by atoms with van der Waals surface area (Å²) in [6, 6.07) is 1.83. The van der Waals surface area contributed by atoms with Crippen molar-refractivity contribution in [3.63, 3.8) is 0 Å². The lowest BCUT2D eigenvalue weighted by Gasteiger charge is -2.31. The molecule has 0 saturated carbocycles. The van der Waals surface area contributed by atoms with Gasteiger partial charge in [-0.15, -0.1) is 0 Å². The molecule has 0 spiro atoms. The van der Waals surface area contributed by atoms with Gasteiger partial charge in [0.1, 0.15) is 12.1 Å². The molecule has 2 heterocycles. The molecule has 0 radical (unpaired) electrons. The van der Waals surface area contributed by atoms with Gasteiger partial charge in [-0.2, -0.15) is 0 Å². The normalized spacial score (nSPS) is 15.9. The molecule has 0 atom stereocenters. The highest BCUT2D eigenvalue weighted by molar-refractivity contribution is 5.40. The standard InChI is InChI=1S/C8H11N3O/c12-5-7-4-8(10-6-9-7)11-2-1-3-11/h4,6,12H,1-3,5H2. The van der Waals surface area contributed by atoms with Gasteiger partial charge in [-0.25, -0.2) is 9.97 Å². The number of aromatic nitrogens is 2. The van der Waals surface area contributed by atoms with Crippen LogP contribution in [0.2, 0.25) is 0 Å². The minimum Gasteiger partial charge on any atom is -0.390 e. The summed E-state index contributed by atoms with van der Waals surface area (Å²) in [5.41, 5.74) is 0.687. The van der Waals surface area contributed by atoms with Gasteiger partial charge in [0.05, 0.1) is 12.3 Å². The zero-order chi connectivity index (χ0) is 8.39. The summed E-state index contributed by atoms with van der Waals surface area (Å²) in [5, 5.41) is 8.83. The second-order valence-electron chi connectivity index (χ2n) is 2.87. The molecule has 0 amide bonds. The van der Waals surface area contributed by atoms with Gasteiger partial charge in [0.25, 0.3) is 0 Å². The molecule has 1 aromatic heterocycles. The summed E-state index contributed by atoms with van der Waals surface area (Å²) in [6.45, 7) is 2.13. The van der Waals surface area contributed by atoms with Crippen LogP contribution in [0.4, 0.5) is 5.82 Å². The predicted molar refractivity (Wildman–Crippen MR) is 44.8 cm³/mol. The van der Waals surface area contributed by atoms with E-state index >= 15 is 0 Å². The van der Waals surface area contributed by atoms with Crippen molar-refractivity contribution in [3.05, 3.63) is 18.1 Å². The molecule has 0 unspecified atom stereocenters. The van der Waals surface area contributed by atoms with Gasteiger partial charge in [-0.1, -0.05) is 0 Å². The Labute approximate surface area is 70.9 Å². The lowest BCUT2D eigenvalue weighted by molar-refractivity contribution is 0.276. The zero-order valence-electron chi connectivity index (χ0n) is 6.77. The summed E-state index contributed by atoms with van der Waals surface area (Å²) in [5.74, 6) is 0.931. The quantitative estimate of drug-likeness (QED) is 0.679. The SMILES string of the molecule is OCc1cc(N2CCC2)ncn1. The predicted octanol–water partition coefficient (Wildman–Crippen LogP) is 0.179. The van der Waals surface area contributed by atoms with E-state index in [0.29, 0.717) is 5.69 Å². The Bertz CT molecular complexity index is 273. The van der Waals surface area contributed by atoms with Crippen LogP contribution in [0.15, 0.2) is 12.4 Å². The van der Waals surface area contributed by atoms with E-state index < -0.39 is 0 Å². The first-order valence-corrected chi connectivity index (χ1v) is 4.07. The number of hydrogen-bond donors (Lipinski definition) is 1. The van der Waals surface area contributed by atoms with Gasteiger partial charge < -0.3 is 10.0 Å². The van der Waals surface area contributed by atoms with Crippen LogP contribution in [-0.4, -0.2) is 28.2 Å². The van der Waals surface area contributed by atoms with E-state index in [1.54, 1.807) is 0 Å². The van der Waals surface area contributed by atoms with Crippen LogP contribution in [-0.2, 0) is 6.61 Å². The molecule has 0 bridgehead atoms. The molecule has 64 valence electrons. The second kappa shape index (κ2) is 3.06. The number of anilines is 1. The van der Waals surface area contributed by atoms with Gasteiger partial charge in [0.15, 0.2) is 0 Å². The molecule has 1 N–H and O–H groups in total. The highest BCUT2D eigenvalue weighted by atomic mass is 16.3. The lowest BCUT2D eigenvalue weighted by Crippen LogP contribution is -2.37. The maximum Gasteiger partial charge on any atom is 0.132 e. The number of hydrogen-bond acceptors (Lipinski definition) is 4. The van der Waals surface area contributed by atoms with Crippen LogP contribution in [0.1, 0.15) is 12.1 Å². The largest absolute Gasteiger partial charge is 0.390 e. The fourth-order valence-corrected chi connectivity index (χ4v) is 1.19. The first kappa shape index (κ1) is 7.49. The van der Waals surface area contributed by atoms with Crippen molar-refractivity contribution in [2.45, 2.75) is 13.0 Å². The molecule has 4 nitrogen and oxygen atoms in total. The molecule has 2 rings (SSSR count). The van der Waals surface area contributed by atoms with Gasteiger partial charge in [-0.05, 0) is 6.42 Å². The van der Waals surface area contributed by atoms with Crippen LogP contribution in [0.3, 0.4) is 0 Å². The molecule has 12 heavy (non-hydrogen) atoms. The Hall–Kier alpha value is -1.16. The molecule has 1 fully saturated rings. The Balaban J connectivity index is 2.19. The van der Waals surface area contributed by atoms with E-state index in [4.69, 9.17) is 5.11 Å². The number of nitrogens with zero attached hydrogens (tertiary/aromatic N) is 3. The van der Waals surface area contributed by atoms with E-state index in [0.717, 1.165) is 18.9 Å². The summed E-state index contributed by atoms with van der Waals surface area (Å²) >= 11 is 0. The fourth-order valence-electron chi connectivity index (χ4n) is 1.19. The lowest BCUT2D eigenvalue weighted by atomic mass is 10.2. The van der Waals surface area contributed by atoms with Gasteiger partial charge in [-0.3, -0.25) is 0 Å². The van der Waals surface area contributed by atoms with Crippen molar-refractivity contribution in [2.75, 3.05) is 18.0 Å². The maximum atomic E-state index is 8.83. The average Bonchev–Trinajstić information content (AvgIpc) is 2.02. The first-order valence-electron chi connectivity index (χ1n) is 4.07. The van der Waals surface area contributed by atoms with Crippen LogP contribution < -0.4 is 4.90 Å². The maximum absolute atomic E-state index is 8.83. The highest BCUT2D eigenvalue weighted by Gasteiger charge is 2.15. The summed E-state index contributed by atoms with van der Waals surface area (Å²) in [7, 11) is 0. The topological polar surface area (TPSA) is 49.2 Å². The van der Waals surface area contributed by atoms with Crippen molar-refractivity contribution in [2.24, 2.45) is 0 Å². The molecular formula is C8H11N3O. The average molecular weight is 165 g/mol. The van der Waals surface area contributed by atoms with Crippen LogP contribution in [0.25, 0.3) is 0 Å². The van der Waals surface area contributed by atoms with Crippen LogP contribution in [0, 0.1) is 0 Å². The molecular weight excluding hydrogens is 154 g/mol. The van der Waals surface area contributed by atoms with Crippen LogP contribution in [0.5, 0.6) is 0 Å². The third kappa shape index (κ3) is 1.25. The zero-order valence-corrected chi connectivity index (χ0v) is 6.77. The number of aliphatic hydroxyl groups excluding tert-OH is 1. The Kier molecular flexibility index (Phi) is 1.91. The van der Waals surface area contributed by atoms with E-state index in [-0.39, 0.29) is 6.61 Å². The Morgan fingerprint density at radius 2 is 2.25 bits per heavy atom. The van der Waals surface area contributed by atoms with Crippen molar-refractivity contribution < 1.29 is 5.11 Å². The van der Waals surface area contributed by atoms with Gasteiger partial charge in [0.2, 0.25) is 0 Å². The molecule has 1 aliphatic rings. The minimum atomic E-state index is -0.0106. The molecule has 1 saturated heterocycles. The smallest absolute Gasteiger partial charge is 0.132 e. The van der Waals surface area contributed by atoms with Gasteiger partial charge >= 0.3 is 0 Å². The molecule has 4 heteroatoms. The molecule has 1 aliphatic heterocycles. The monoisotopic (exact) mass is 165 g/mol. The van der Waals surface area contributed by atoms with E-state index in [2.05, 4.69) is 14.9 Å². The van der Waals surface area contributed by atoms with E-state index in [9.17, 15) is 0 Å². The minimum absolute atomic E-state index is 0.0106. The number of rotatable bonds is 2. The number of aliphatic hydroxyl groups is 1.